The molecule has 2 aromatic carbocycles. The molecule has 2 aliphatic rings. The number of para-hydroxylation sites is 1. The van der Waals surface area contributed by atoms with Gasteiger partial charge in [-0.25, -0.2) is 4.98 Å². The molecule has 7 heteroatoms. The molecule has 0 bridgehead atoms. The predicted octanol–water partition coefficient (Wildman–Crippen LogP) is 4.21. The van der Waals surface area contributed by atoms with Gasteiger partial charge in [-0.15, -0.1) is 0 Å². The van der Waals surface area contributed by atoms with E-state index in [9.17, 15) is 4.79 Å². The summed E-state index contributed by atoms with van der Waals surface area (Å²) in [4.78, 5) is 19.4. The lowest BCUT2D eigenvalue weighted by atomic mass is 10.0. The SMILES string of the molecule is Cc1oc(-c2ccc(C(=O)N3CCC4(CC3)OCCO4)cc2)nc1COc1ccccc1. The maximum absolute atomic E-state index is 12.9. The molecule has 2 saturated heterocycles. The lowest BCUT2D eigenvalue weighted by molar-refractivity contribution is -0.181. The molecule has 1 aromatic heterocycles. The second kappa shape index (κ2) is 8.76. The molecule has 3 aromatic rings. The van der Waals surface area contributed by atoms with Crippen molar-refractivity contribution in [3.8, 4) is 17.2 Å². The first-order chi connectivity index (χ1) is 15.6. The molecule has 0 unspecified atom stereocenters. The molecule has 1 spiro atoms. The topological polar surface area (TPSA) is 74.0 Å². The van der Waals surface area contributed by atoms with E-state index in [-0.39, 0.29) is 5.91 Å². The third-order valence-corrected chi connectivity index (χ3v) is 6.02. The van der Waals surface area contributed by atoms with Gasteiger partial charge in [-0.05, 0) is 43.3 Å². The molecule has 1 amide bonds. The van der Waals surface area contributed by atoms with Crippen LogP contribution in [0.25, 0.3) is 11.5 Å². The van der Waals surface area contributed by atoms with Crippen LogP contribution in [0.2, 0.25) is 0 Å². The Hall–Kier alpha value is -3.16. The monoisotopic (exact) mass is 434 g/mol. The van der Waals surface area contributed by atoms with Gasteiger partial charge in [0.05, 0.1) is 13.2 Å². The number of hydrogen-bond donors (Lipinski definition) is 0. The van der Waals surface area contributed by atoms with E-state index in [0.717, 1.165) is 22.8 Å². The number of oxazole rings is 1. The standard InChI is InChI=1S/C25H26N2O5/c1-18-22(17-29-21-5-3-2-4-6-21)26-23(32-18)19-7-9-20(10-8-19)24(28)27-13-11-25(12-14-27)30-15-16-31-25/h2-10H,11-17H2,1H3. The highest BCUT2D eigenvalue weighted by molar-refractivity contribution is 5.94. The lowest BCUT2D eigenvalue weighted by Gasteiger charge is -2.37. The Morgan fingerprint density at radius 1 is 1.03 bits per heavy atom. The molecule has 166 valence electrons. The number of carbonyl (C=O) groups excluding carboxylic acids is 1. The number of rotatable bonds is 5. The summed E-state index contributed by atoms with van der Waals surface area (Å²) in [6.45, 7) is 4.74. The molecule has 5 rings (SSSR count). The third kappa shape index (κ3) is 4.26. The van der Waals surface area contributed by atoms with Crippen LogP contribution >= 0.6 is 0 Å². The summed E-state index contributed by atoms with van der Waals surface area (Å²) >= 11 is 0. The van der Waals surface area contributed by atoms with Crippen LogP contribution in [0, 0.1) is 6.92 Å². The average molecular weight is 434 g/mol. The Bertz CT molecular complexity index is 1060. The fraction of sp³-hybridized carbons (Fsp3) is 0.360. The number of aryl methyl sites for hydroxylation is 1. The van der Waals surface area contributed by atoms with Crippen LogP contribution in [0.3, 0.4) is 0 Å². The number of carbonyl (C=O) groups is 1. The lowest BCUT2D eigenvalue weighted by Crippen LogP contribution is -2.47. The zero-order chi connectivity index (χ0) is 22.0. The second-order valence-electron chi connectivity index (χ2n) is 8.10. The van der Waals surface area contributed by atoms with Crippen LogP contribution in [0.4, 0.5) is 0 Å². The molecular weight excluding hydrogens is 408 g/mol. The van der Waals surface area contributed by atoms with Gasteiger partial charge in [0.1, 0.15) is 23.8 Å². The van der Waals surface area contributed by atoms with E-state index in [2.05, 4.69) is 4.98 Å². The van der Waals surface area contributed by atoms with Crippen molar-refractivity contribution < 1.29 is 23.4 Å². The number of amides is 1. The van der Waals surface area contributed by atoms with E-state index in [1.807, 2.05) is 66.4 Å². The molecule has 0 N–H and O–H groups in total. The van der Waals surface area contributed by atoms with Crippen LogP contribution in [0.5, 0.6) is 5.75 Å². The first-order valence-electron chi connectivity index (χ1n) is 10.9. The number of piperidine rings is 1. The molecule has 0 radical (unpaired) electrons. The quantitative estimate of drug-likeness (QED) is 0.599. The Balaban J connectivity index is 1.22. The minimum absolute atomic E-state index is 0.0185. The van der Waals surface area contributed by atoms with Gasteiger partial charge >= 0.3 is 0 Å². The highest BCUT2D eigenvalue weighted by atomic mass is 16.7. The fourth-order valence-corrected chi connectivity index (χ4v) is 4.13. The second-order valence-corrected chi connectivity index (χ2v) is 8.10. The van der Waals surface area contributed by atoms with E-state index in [1.54, 1.807) is 0 Å². The van der Waals surface area contributed by atoms with E-state index >= 15 is 0 Å². The highest BCUT2D eigenvalue weighted by Gasteiger charge is 2.40. The Morgan fingerprint density at radius 2 is 1.72 bits per heavy atom. The molecule has 0 aliphatic carbocycles. The summed E-state index contributed by atoms with van der Waals surface area (Å²) in [5.41, 5.74) is 2.22. The molecule has 32 heavy (non-hydrogen) atoms. The maximum Gasteiger partial charge on any atom is 0.253 e. The van der Waals surface area contributed by atoms with Crippen LogP contribution in [0.1, 0.15) is 34.7 Å². The van der Waals surface area contributed by atoms with Crippen molar-refractivity contribution in [1.29, 1.82) is 0 Å². The van der Waals surface area contributed by atoms with Gasteiger partial charge in [-0.2, -0.15) is 0 Å². The third-order valence-electron chi connectivity index (χ3n) is 6.02. The molecule has 3 heterocycles. The van der Waals surface area contributed by atoms with Gasteiger partial charge in [0.2, 0.25) is 5.89 Å². The fourth-order valence-electron chi connectivity index (χ4n) is 4.13. The van der Waals surface area contributed by atoms with E-state index in [4.69, 9.17) is 18.6 Å². The predicted molar refractivity (Wildman–Crippen MR) is 117 cm³/mol. The summed E-state index contributed by atoms with van der Waals surface area (Å²) in [6, 6.07) is 17.0. The summed E-state index contributed by atoms with van der Waals surface area (Å²) in [7, 11) is 0. The van der Waals surface area contributed by atoms with E-state index in [0.29, 0.717) is 57.2 Å². The minimum Gasteiger partial charge on any atom is -0.487 e. The summed E-state index contributed by atoms with van der Waals surface area (Å²) < 4.78 is 23.1. The van der Waals surface area contributed by atoms with E-state index < -0.39 is 5.79 Å². The van der Waals surface area contributed by atoms with Gasteiger partial charge in [0, 0.05) is 37.1 Å². The molecule has 2 aliphatic heterocycles. The summed E-state index contributed by atoms with van der Waals surface area (Å²) in [6.07, 6.45) is 1.42. The van der Waals surface area contributed by atoms with Crippen molar-refractivity contribution in [1.82, 2.24) is 9.88 Å². The van der Waals surface area contributed by atoms with Crippen molar-refractivity contribution in [3.05, 3.63) is 71.6 Å². The van der Waals surface area contributed by atoms with Gasteiger partial charge < -0.3 is 23.5 Å². The first-order valence-corrected chi connectivity index (χ1v) is 10.9. The van der Waals surface area contributed by atoms with E-state index in [1.165, 1.54) is 0 Å². The minimum atomic E-state index is -0.481. The van der Waals surface area contributed by atoms with Gasteiger partial charge in [-0.1, -0.05) is 18.2 Å². The molecule has 0 saturated carbocycles. The molecule has 0 atom stereocenters. The number of benzene rings is 2. The largest absolute Gasteiger partial charge is 0.487 e. The zero-order valence-corrected chi connectivity index (χ0v) is 18.1. The van der Waals surface area contributed by atoms with Crippen LogP contribution in [-0.4, -0.2) is 47.9 Å². The Morgan fingerprint density at radius 3 is 2.41 bits per heavy atom. The maximum atomic E-state index is 12.9. The summed E-state index contributed by atoms with van der Waals surface area (Å²) in [5, 5.41) is 0. The van der Waals surface area contributed by atoms with Gasteiger partial charge in [0.25, 0.3) is 5.91 Å². The highest BCUT2D eigenvalue weighted by Crippen LogP contribution is 2.32. The van der Waals surface area contributed by atoms with Gasteiger partial charge in [0.15, 0.2) is 5.79 Å². The number of hydrogen-bond acceptors (Lipinski definition) is 6. The normalized spacial score (nSPS) is 17.6. The number of likely N-dealkylation sites (tertiary alicyclic amines) is 1. The number of ether oxygens (including phenoxy) is 3. The first kappa shape index (κ1) is 20.7. The van der Waals surface area contributed by atoms with Crippen LogP contribution in [-0.2, 0) is 16.1 Å². The summed E-state index contributed by atoms with van der Waals surface area (Å²) in [5.74, 6) is 1.56. The Labute approximate surface area is 186 Å². The zero-order valence-electron chi connectivity index (χ0n) is 18.1. The molecule has 2 fully saturated rings. The van der Waals surface area contributed by atoms with Crippen molar-refractivity contribution in [2.75, 3.05) is 26.3 Å². The number of aromatic nitrogens is 1. The molecular formula is C25H26N2O5. The van der Waals surface area contributed by atoms with Gasteiger partial charge in [-0.3, -0.25) is 4.79 Å². The van der Waals surface area contributed by atoms with Crippen molar-refractivity contribution in [2.24, 2.45) is 0 Å². The van der Waals surface area contributed by atoms with Crippen LogP contribution in [0.15, 0.2) is 59.0 Å². The Kier molecular flexibility index (Phi) is 5.68. The average Bonchev–Trinajstić information content (AvgIpc) is 3.45. The van der Waals surface area contributed by atoms with Crippen molar-refractivity contribution in [3.63, 3.8) is 0 Å². The smallest absolute Gasteiger partial charge is 0.253 e. The number of nitrogens with zero attached hydrogens (tertiary/aromatic N) is 2. The van der Waals surface area contributed by atoms with Crippen LogP contribution < -0.4 is 4.74 Å². The molecule has 7 nitrogen and oxygen atoms in total. The van der Waals surface area contributed by atoms with Crippen molar-refractivity contribution >= 4 is 5.91 Å². The van der Waals surface area contributed by atoms with Crippen molar-refractivity contribution in [2.45, 2.75) is 32.2 Å².